The summed E-state index contributed by atoms with van der Waals surface area (Å²) in [6.07, 6.45) is 7.23. The third-order valence-electron chi connectivity index (χ3n) is 3.58. The Hall–Kier alpha value is -2.24. The summed E-state index contributed by atoms with van der Waals surface area (Å²) >= 11 is 0. The number of hydrogen-bond donors (Lipinski definition) is 1. The molecule has 1 amide bonds. The average Bonchev–Trinajstić information content (AvgIpc) is 2.55. The lowest BCUT2D eigenvalue weighted by atomic mass is 10.1. The molecule has 23 heavy (non-hydrogen) atoms. The second kappa shape index (κ2) is 10.5. The number of nitrogens with one attached hydrogen (secondary N) is 1. The summed E-state index contributed by atoms with van der Waals surface area (Å²) in [4.78, 5) is 22.0. The van der Waals surface area contributed by atoms with Crippen LogP contribution in [-0.2, 0) is 4.79 Å². The molecule has 1 aromatic rings. The van der Waals surface area contributed by atoms with Gasteiger partial charge in [0.2, 0.25) is 5.91 Å². The minimum absolute atomic E-state index is 0.00968. The highest BCUT2D eigenvalue weighted by atomic mass is 16.6. The molecule has 0 unspecified atom stereocenters. The van der Waals surface area contributed by atoms with E-state index in [-0.39, 0.29) is 11.6 Å². The quantitative estimate of drug-likeness (QED) is 0.304. The lowest BCUT2D eigenvalue weighted by Gasteiger charge is -2.03. The van der Waals surface area contributed by atoms with Crippen molar-refractivity contribution in [1.82, 2.24) is 5.43 Å². The molecule has 0 saturated heterocycles. The summed E-state index contributed by atoms with van der Waals surface area (Å²) in [5.74, 6) is -0.120. The van der Waals surface area contributed by atoms with Crippen LogP contribution in [-0.4, -0.2) is 16.5 Å². The van der Waals surface area contributed by atoms with Gasteiger partial charge in [-0.2, -0.15) is 5.10 Å². The largest absolute Gasteiger partial charge is 0.273 e. The molecule has 0 atom stereocenters. The third-order valence-corrected chi connectivity index (χ3v) is 3.58. The number of nitro groups is 1. The number of non-ortho nitro benzene ring substituents is 1. The number of hydrazone groups is 1. The van der Waals surface area contributed by atoms with Gasteiger partial charge in [0.25, 0.3) is 5.69 Å². The van der Waals surface area contributed by atoms with Gasteiger partial charge < -0.3 is 0 Å². The van der Waals surface area contributed by atoms with Gasteiger partial charge >= 0.3 is 0 Å². The van der Waals surface area contributed by atoms with Crippen LogP contribution in [0.2, 0.25) is 0 Å². The molecule has 1 rings (SSSR count). The van der Waals surface area contributed by atoms with Crippen molar-refractivity contribution in [2.75, 3.05) is 0 Å². The van der Waals surface area contributed by atoms with Crippen LogP contribution in [0.3, 0.4) is 0 Å². The fourth-order valence-electron chi connectivity index (χ4n) is 2.18. The van der Waals surface area contributed by atoms with E-state index in [9.17, 15) is 14.9 Å². The fourth-order valence-corrected chi connectivity index (χ4v) is 2.18. The van der Waals surface area contributed by atoms with Crippen molar-refractivity contribution in [3.63, 3.8) is 0 Å². The SMILES string of the molecule is CCCCCCCCC(=O)N/N=C(\C)c1cccc([N+](=O)[O-])c1. The van der Waals surface area contributed by atoms with Gasteiger partial charge in [0.15, 0.2) is 0 Å². The van der Waals surface area contributed by atoms with E-state index in [0.29, 0.717) is 17.7 Å². The van der Waals surface area contributed by atoms with E-state index in [1.165, 1.54) is 31.4 Å². The minimum atomic E-state index is -0.450. The molecule has 0 aliphatic heterocycles. The standard InChI is InChI=1S/C17H25N3O3/c1-3-4-5-6-7-8-12-17(21)19-18-14(2)15-10-9-11-16(13-15)20(22)23/h9-11,13H,3-8,12H2,1-2H3,(H,19,21)/b18-14+. The van der Waals surface area contributed by atoms with Crippen molar-refractivity contribution in [2.24, 2.45) is 5.10 Å². The molecule has 126 valence electrons. The zero-order chi connectivity index (χ0) is 17.1. The van der Waals surface area contributed by atoms with E-state index in [0.717, 1.165) is 19.3 Å². The normalized spacial score (nSPS) is 11.3. The summed E-state index contributed by atoms with van der Waals surface area (Å²) in [5, 5.41) is 14.8. The van der Waals surface area contributed by atoms with Crippen molar-refractivity contribution in [1.29, 1.82) is 0 Å². The number of amides is 1. The Morgan fingerprint density at radius 1 is 1.22 bits per heavy atom. The lowest BCUT2D eigenvalue weighted by Crippen LogP contribution is -2.18. The van der Waals surface area contributed by atoms with Crippen LogP contribution in [0.25, 0.3) is 0 Å². The Morgan fingerprint density at radius 2 is 1.91 bits per heavy atom. The molecule has 1 aromatic carbocycles. The molecular weight excluding hydrogens is 294 g/mol. The highest BCUT2D eigenvalue weighted by molar-refractivity contribution is 5.99. The van der Waals surface area contributed by atoms with Crippen molar-refractivity contribution < 1.29 is 9.72 Å². The van der Waals surface area contributed by atoms with E-state index >= 15 is 0 Å². The average molecular weight is 319 g/mol. The molecule has 0 spiro atoms. The number of hydrogen-bond acceptors (Lipinski definition) is 4. The van der Waals surface area contributed by atoms with Crippen LogP contribution in [0.5, 0.6) is 0 Å². The summed E-state index contributed by atoms with van der Waals surface area (Å²) in [5.41, 5.74) is 3.69. The number of rotatable bonds is 10. The summed E-state index contributed by atoms with van der Waals surface area (Å²) in [6.45, 7) is 3.89. The van der Waals surface area contributed by atoms with Gasteiger partial charge in [0, 0.05) is 24.1 Å². The first-order valence-corrected chi connectivity index (χ1v) is 8.12. The number of nitro benzene ring substituents is 1. The first-order valence-electron chi connectivity index (χ1n) is 8.12. The first kappa shape index (κ1) is 18.8. The Morgan fingerprint density at radius 3 is 2.61 bits per heavy atom. The van der Waals surface area contributed by atoms with Crippen LogP contribution in [0.1, 0.15) is 64.4 Å². The maximum atomic E-state index is 11.7. The zero-order valence-corrected chi connectivity index (χ0v) is 13.9. The number of carbonyl (C=O) groups excluding carboxylic acids is 1. The van der Waals surface area contributed by atoms with Gasteiger partial charge in [0.1, 0.15) is 0 Å². The molecule has 0 aromatic heterocycles. The van der Waals surface area contributed by atoms with Crippen LogP contribution < -0.4 is 5.43 Å². The van der Waals surface area contributed by atoms with E-state index in [1.54, 1.807) is 19.1 Å². The highest BCUT2D eigenvalue weighted by Crippen LogP contribution is 2.13. The molecule has 0 aliphatic carbocycles. The Labute approximate surface area is 137 Å². The van der Waals surface area contributed by atoms with E-state index < -0.39 is 4.92 Å². The minimum Gasteiger partial charge on any atom is -0.273 e. The number of unbranched alkanes of at least 4 members (excludes halogenated alkanes) is 5. The molecule has 0 bridgehead atoms. The van der Waals surface area contributed by atoms with Gasteiger partial charge in [0.05, 0.1) is 10.6 Å². The molecule has 0 radical (unpaired) electrons. The van der Waals surface area contributed by atoms with Crippen LogP contribution in [0, 0.1) is 10.1 Å². The van der Waals surface area contributed by atoms with E-state index in [4.69, 9.17) is 0 Å². The van der Waals surface area contributed by atoms with Gasteiger partial charge in [-0.05, 0) is 13.3 Å². The van der Waals surface area contributed by atoms with Crippen LogP contribution in [0.4, 0.5) is 5.69 Å². The van der Waals surface area contributed by atoms with Gasteiger partial charge in [-0.1, -0.05) is 51.2 Å². The molecule has 6 heteroatoms. The number of benzene rings is 1. The fraction of sp³-hybridized carbons (Fsp3) is 0.529. The molecule has 1 N–H and O–H groups in total. The Bertz CT molecular complexity index is 556. The van der Waals surface area contributed by atoms with Crippen molar-refractivity contribution >= 4 is 17.3 Å². The van der Waals surface area contributed by atoms with Crippen molar-refractivity contribution in [2.45, 2.75) is 58.8 Å². The van der Waals surface area contributed by atoms with E-state index in [2.05, 4.69) is 17.5 Å². The summed E-state index contributed by atoms with van der Waals surface area (Å²) in [7, 11) is 0. The van der Waals surface area contributed by atoms with E-state index in [1.807, 2.05) is 0 Å². The molecule has 0 saturated carbocycles. The van der Waals surface area contributed by atoms with Gasteiger partial charge in [-0.25, -0.2) is 5.43 Å². The van der Waals surface area contributed by atoms with Crippen molar-refractivity contribution in [3.05, 3.63) is 39.9 Å². The van der Waals surface area contributed by atoms with Gasteiger partial charge in [-0.15, -0.1) is 0 Å². The predicted molar refractivity (Wildman–Crippen MR) is 91.4 cm³/mol. The second-order valence-corrected chi connectivity index (χ2v) is 5.56. The Kier molecular flexibility index (Phi) is 8.57. The predicted octanol–water partition coefficient (Wildman–Crippen LogP) is 4.19. The molecule has 0 heterocycles. The Balaban J connectivity index is 2.39. The number of nitrogens with zero attached hydrogens (tertiary/aromatic N) is 2. The monoisotopic (exact) mass is 319 g/mol. The summed E-state index contributed by atoms with van der Waals surface area (Å²) < 4.78 is 0. The van der Waals surface area contributed by atoms with Crippen LogP contribution >= 0.6 is 0 Å². The second-order valence-electron chi connectivity index (χ2n) is 5.56. The lowest BCUT2D eigenvalue weighted by molar-refractivity contribution is -0.384. The molecule has 0 aliphatic rings. The first-order chi connectivity index (χ1) is 11.0. The highest BCUT2D eigenvalue weighted by Gasteiger charge is 2.07. The van der Waals surface area contributed by atoms with Crippen molar-refractivity contribution in [3.8, 4) is 0 Å². The molecular formula is C17H25N3O3. The molecule has 6 nitrogen and oxygen atoms in total. The smallest absolute Gasteiger partial charge is 0.270 e. The molecule has 0 fully saturated rings. The van der Waals surface area contributed by atoms with Crippen LogP contribution in [0.15, 0.2) is 29.4 Å². The summed E-state index contributed by atoms with van der Waals surface area (Å²) in [6, 6.07) is 6.20. The third kappa shape index (κ3) is 7.54. The topological polar surface area (TPSA) is 84.6 Å². The number of carbonyl (C=O) groups is 1. The maximum absolute atomic E-state index is 11.7. The maximum Gasteiger partial charge on any atom is 0.270 e. The van der Waals surface area contributed by atoms with Gasteiger partial charge in [-0.3, -0.25) is 14.9 Å². The zero-order valence-electron chi connectivity index (χ0n) is 13.9.